The molecule has 0 bridgehead atoms. The van der Waals surface area contributed by atoms with E-state index >= 15 is 0 Å². The zero-order valence-corrected chi connectivity index (χ0v) is 32.6. The summed E-state index contributed by atoms with van der Waals surface area (Å²) in [5, 5.41) is 8.81. The number of hydrogen-bond donors (Lipinski definition) is 4. The molecule has 8 rings (SSSR count). The third-order valence-electron chi connectivity index (χ3n) is 8.13. The van der Waals surface area contributed by atoms with Gasteiger partial charge in [0, 0.05) is 71.1 Å². The number of hydrogen-bond acceptors (Lipinski definition) is 12. The van der Waals surface area contributed by atoms with Crippen LogP contribution in [0.3, 0.4) is 0 Å². The van der Waals surface area contributed by atoms with Gasteiger partial charge in [0.15, 0.2) is 0 Å². The average molecular weight is 833 g/mol. The van der Waals surface area contributed by atoms with E-state index in [9.17, 15) is 9.59 Å². The molecule has 0 aliphatic rings. The summed E-state index contributed by atoms with van der Waals surface area (Å²) in [4.78, 5) is 57.5. The first-order valence-corrected chi connectivity index (χ1v) is 18.4. The predicted octanol–water partition coefficient (Wildman–Crippen LogP) is 9.93. The molecule has 6 aromatic heterocycles. The maximum atomic E-state index is 12.8. The molecule has 2 aromatic carbocycles. The van der Waals surface area contributed by atoms with Gasteiger partial charge in [0.2, 0.25) is 11.2 Å². The highest BCUT2D eigenvalue weighted by Gasteiger charge is 2.14. The number of anilines is 5. The molecule has 61 heavy (non-hydrogen) atoms. The van der Waals surface area contributed by atoms with Crippen LogP contribution in [0.4, 0.5) is 28.7 Å². The molecule has 0 saturated heterocycles. The minimum Gasteiger partial charge on any atom is -0.399 e. The lowest BCUT2D eigenvalue weighted by Gasteiger charge is -2.11. The first kappa shape index (κ1) is 45.7. The van der Waals surface area contributed by atoms with Crippen LogP contribution in [0.2, 0.25) is 5.28 Å². The fourth-order valence-electron chi connectivity index (χ4n) is 5.43. The van der Waals surface area contributed by atoms with Crippen LogP contribution in [0.1, 0.15) is 47.2 Å². The van der Waals surface area contributed by atoms with Gasteiger partial charge in [0.1, 0.15) is 11.4 Å². The van der Waals surface area contributed by atoms with Gasteiger partial charge < -0.3 is 21.7 Å². The molecule has 2 amide bonds. The third kappa shape index (κ3) is 13.6. The van der Waals surface area contributed by atoms with Gasteiger partial charge in [-0.05, 0) is 85.1 Å². The summed E-state index contributed by atoms with van der Waals surface area (Å²) in [5.74, 6) is -0.376. The first-order chi connectivity index (χ1) is 28.7. The van der Waals surface area contributed by atoms with E-state index in [4.69, 9.17) is 17.3 Å². The van der Waals surface area contributed by atoms with Gasteiger partial charge in [-0.3, -0.25) is 29.5 Å². The minimum absolute atomic E-state index is 0. The Morgan fingerprint density at radius 1 is 0.557 bits per heavy atom. The Kier molecular flexibility index (Phi) is 17.1. The Morgan fingerprint density at radius 3 is 1.54 bits per heavy atom. The van der Waals surface area contributed by atoms with Crippen molar-refractivity contribution in [3.63, 3.8) is 0 Å². The number of pyridine rings is 4. The maximum Gasteiger partial charge on any atom is 0.274 e. The molecule has 0 aliphatic heterocycles. The molecule has 6 heterocycles. The molecule has 308 valence electrons. The normalized spacial score (nSPS) is 9.82. The predicted molar refractivity (Wildman–Crippen MR) is 243 cm³/mol. The lowest BCUT2D eigenvalue weighted by atomic mass is 10.1. The van der Waals surface area contributed by atoms with E-state index in [1.54, 1.807) is 55.5 Å². The smallest absolute Gasteiger partial charge is 0.274 e. The Balaban J connectivity index is 0.000000226. The van der Waals surface area contributed by atoms with E-state index in [2.05, 4.69) is 55.8 Å². The van der Waals surface area contributed by atoms with E-state index in [1.165, 1.54) is 12.3 Å². The lowest BCUT2D eigenvalue weighted by Crippen LogP contribution is -2.15. The Hall–Kier alpha value is -7.97. The molecule has 0 unspecified atom stereocenters. The number of carbonyl (C=O) groups is 2. The molecular formula is C46H45ClN12O2. The second-order valence-corrected chi connectivity index (χ2v) is 12.8. The fourth-order valence-corrected chi connectivity index (χ4v) is 5.57. The van der Waals surface area contributed by atoms with E-state index in [0.717, 1.165) is 45.0 Å². The van der Waals surface area contributed by atoms with Crippen LogP contribution in [0.25, 0.3) is 22.3 Å². The van der Waals surface area contributed by atoms with Crippen molar-refractivity contribution >= 4 is 52.1 Å². The van der Waals surface area contributed by atoms with Crippen molar-refractivity contribution in [3.05, 3.63) is 187 Å². The monoisotopic (exact) mass is 832 g/mol. The van der Waals surface area contributed by atoms with E-state index < -0.39 is 0 Å². The molecule has 0 radical (unpaired) electrons. The van der Waals surface area contributed by atoms with Crippen LogP contribution < -0.4 is 21.7 Å². The first-order valence-electron chi connectivity index (χ1n) is 18.0. The van der Waals surface area contributed by atoms with Crippen LogP contribution in [0, 0.1) is 13.8 Å². The zero-order chi connectivity index (χ0) is 41.4. The summed E-state index contributed by atoms with van der Waals surface area (Å²) < 4.78 is 0. The van der Waals surface area contributed by atoms with Crippen LogP contribution >= 0.6 is 11.6 Å². The molecule has 0 aliphatic carbocycles. The molecule has 0 saturated carbocycles. The largest absolute Gasteiger partial charge is 0.399 e. The standard InChI is InChI=1S/C22H18N6O.C16H11ClN4O.C6H8N2.2CH4/c1-15-13-17(7-11-24-15)26-22-25-12-9-19(28-22)21(29)27-20-14-23-10-8-18(20)16-5-3-2-4-6-16;17-16-19-9-7-13(21-16)15(22)20-14-10-18-8-6-12(14)11-4-2-1-3-5-11;1-5-4-6(7)2-3-8-5;;/h2-14H,1H3,(H,27,29)(H,24,25,26,28);1-10H,(H,20,22);2-4H,1H3,(H2,7,8);2*1H4. The van der Waals surface area contributed by atoms with Gasteiger partial charge in [0.25, 0.3) is 11.8 Å². The van der Waals surface area contributed by atoms with Gasteiger partial charge >= 0.3 is 0 Å². The van der Waals surface area contributed by atoms with Crippen molar-refractivity contribution in [1.29, 1.82) is 0 Å². The van der Waals surface area contributed by atoms with Crippen LogP contribution in [0.5, 0.6) is 0 Å². The number of nitrogens with one attached hydrogen (secondary N) is 3. The van der Waals surface area contributed by atoms with Gasteiger partial charge in [0.05, 0.1) is 23.8 Å². The molecule has 0 atom stereocenters. The minimum atomic E-state index is -0.366. The van der Waals surface area contributed by atoms with Gasteiger partial charge in [-0.25, -0.2) is 19.9 Å². The number of rotatable bonds is 8. The second-order valence-electron chi connectivity index (χ2n) is 12.5. The molecule has 14 nitrogen and oxygen atoms in total. The molecule has 0 spiro atoms. The van der Waals surface area contributed by atoms with Crippen molar-refractivity contribution in [2.24, 2.45) is 0 Å². The SMILES string of the molecule is C.C.Cc1cc(N)ccn1.Cc1cc(Nc2nccc(C(=O)Nc3cnccc3-c3ccccc3)n2)ccn1.O=C(Nc1cnccc1-c1ccccc1)c1ccnc(Cl)n1. The summed E-state index contributed by atoms with van der Waals surface area (Å²) in [6.45, 7) is 3.81. The highest BCUT2D eigenvalue weighted by molar-refractivity contribution is 6.28. The number of benzene rings is 2. The Morgan fingerprint density at radius 2 is 1.05 bits per heavy atom. The summed E-state index contributed by atoms with van der Waals surface area (Å²) in [5.41, 5.74) is 14.2. The molecule has 0 fully saturated rings. The number of nitrogens with two attached hydrogens (primary N) is 1. The number of aryl methyl sites for hydroxylation is 2. The highest BCUT2D eigenvalue weighted by atomic mass is 35.5. The Labute approximate surface area is 359 Å². The summed E-state index contributed by atoms with van der Waals surface area (Å²) in [7, 11) is 0. The molecule has 15 heteroatoms. The van der Waals surface area contributed by atoms with E-state index in [0.29, 0.717) is 17.3 Å². The summed E-state index contributed by atoms with van der Waals surface area (Å²) in [6, 6.07) is 33.6. The average Bonchev–Trinajstić information content (AvgIpc) is 3.25. The van der Waals surface area contributed by atoms with Crippen LogP contribution in [0.15, 0.2) is 159 Å². The number of aromatic nitrogens is 8. The highest BCUT2D eigenvalue weighted by Crippen LogP contribution is 2.28. The molecule has 8 aromatic rings. The molecule has 5 N–H and O–H groups in total. The molecular weight excluding hydrogens is 788 g/mol. The lowest BCUT2D eigenvalue weighted by molar-refractivity contribution is 0.101. The topological polar surface area (TPSA) is 199 Å². The fraction of sp³-hybridized carbons (Fsp3) is 0.0870. The number of amides is 2. The second kappa shape index (κ2) is 22.8. The Bertz CT molecular complexity index is 2630. The van der Waals surface area contributed by atoms with Crippen LogP contribution in [-0.4, -0.2) is 51.7 Å². The van der Waals surface area contributed by atoms with Gasteiger partial charge in [-0.2, -0.15) is 0 Å². The van der Waals surface area contributed by atoms with Gasteiger partial charge in [-0.1, -0.05) is 75.5 Å². The van der Waals surface area contributed by atoms with Crippen molar-refractivity contribution in [1.82, 2.24) is 39.9 Å². The maximum absolute atomic E-state index is 12.8. The number of carbonyl (C=O) groups excluding carboxylic acids is 2. The van der Waals surface area contributed by atoms with Crippen molar-refractivity contribution < 1.29 is 9.59 Å². The summed E-state index contributed by atoms with van der Waals surface area (Å²) >= 11 is 5.70. The van der Waals surface area contributed by atoms with Gasteiger partial charge in [-0.15, -0.1) is 0 Å². The van der Waals surface area contributed by atoms with Crippen molar-refractivity contribution in [2.45, 2.75) is 28.7 Å². The van der Waals surface area contributed by atoms with Crippen molar-refractivity contribution in [3.8, 4) is 22.3 Å². The number of halogens is 1. The third-order valence-corrected chi connectivity index (χ3v) is 8.31. The summed E-state index contributed by atoms with van der Waals surface area (Å²) in [6.07, 6.45) is 13.0. The number of nitrogen functional groups attached to an aromatic ring is 1. The zero-order valence-electron chi connectivity index (χ0n) is 31.9. The van der Waals surface area contributed by atoms with Crippen molar-refractivity contribution in [2.75, 3.05) is 21.7 Å². The van der Waals surface area contributed by atoms with E-state index in [1.807, 2.05) is 105 Å². The van der Waals surface area contributed by atoms with E-state index in [-0.39, 0.29) is 43.3 Å². The number of nitrogens with zero attached hydrogens (tertiary/aromatic N) is 8. The van der Waals surface area contributed by atoms with Crippen LogP contribution in [-0.2, 0) is 0 Å². The quantitative estimate of drug-likeness (QED) is 0.106.